The molecule has 1 aromatic carbocycles. The lowest BCUT2D eigenvalue weighted by atomic mass is 10.2. The van der Waals surface area contributed by atoms with Gasteiger partial charge in [0.15, 0.2) is 5.58 Å². The molecule has 1 N–H and O–H groups in total. The van der Waals surface area contributed by atoms with Gasteiger partial charge in [0.2, 0.25) is 6.33 Å². The maximum Gasteiger partial charge on any atom is 0.491 e. The van der Waals surface area contributed by atoms with E-state index >= 15 is 0 Å². The van der Waals surface area contributed by atoms with Crippen LogP contribution in [0.2, 0.25) is 0 Å². The molecule has 3 aromatic rings. The highest BCUT2D eigenvalue weighted by Crippen LogP contribution is 2.19. The molecule has 20 heavy (non-hydrogen) atoms. The van der Waals surface area contributed by atoms with Crippen molar-refractivity contribution in [2.24, 2.45) is 0 Å². The maximum absolute atomic E-state index is 10.8. The summed E-state index contributed by atoms with van der Waals surface area (Å²) in [6.07, 6.45) is 1.08. The van der Waals surface area contributed by atoms with Gasteiger partial charge in [-0.2, -0.15) is 4.98 Å². The summed E-state index contributed by atoms with van der Waals surface area (Å²) in [6, 6.07) is 4.11. The van der Waals surface area contributed by atoms with Crippen LogP contribution < -0.4 is 0 Å². The molecular weight excluding hydrogens is 270 g/mol. The first-order chi connectivity index (χ1) is 9.54. The molecule has 10 nitrogen and oxygen atoms in total. The van der Waals surface area contributed by atoms with E-state index in [1.54, 1.807) is 0 Å². The number of fused-ring (bicyclic) bond motifs is 1. The van der Waals surface area contributed by atoms with Gasteiger partial charge >= 0.3 is 17.9 Å². The minimum Gasteiger partial charge on any atom is -0.478 e. The summed E-state index contributed by atoms with van der Waals surface area (Å²) in [5.41, 5.74) is 0.686. The molecular formula is C10H5N5O5. The van der Waals surface area contributed by atoms with Crippen LogP contribution in [-0.4, -0.2) is 35.7 Å². The molecule has 0 spiro atoms. The first kappa shape index (κ1) is 11.8. The highest BCUT2D eigenvalue weighted by atomic mass is 16.6. The zero-order chi connectivity index (χ0) is 14.3. The number of aromatic carboxylic acids is 1. The fourth-order valence-electron chi connectivity index (χ4n) is 1.57. The summed E-state index contributed by atoms with van der Waals surface area (Å²) < 4.78 is 6.30. The average Bonchev–Trinajstić information content (AvgIpc) is 3.04. The first-order valence-corrected chi connectivity index (χ1v) is 5.25. The SMILES string of the molecule is O=C(O)c1ccc2nc(-n3cnc([N+](=O)[O-])n3)oc2c1. The van der Waals surface area contributed by atoms with Crippen LogP contribution in [0.1, 0.15) is 10.4 Å². The van der Waals surface area contributed by atoms with E-state index in [0.29, 0.717) is 5.52 Å². The van der Waals surface area contributed by atoms with E-state index in [-0.39, 0.29) is 17.2 Å². The van der Waals surface area contributed by atoms with Gasteiger partial charge in [0.05, 0.1) is 5.56 Å². The van der Waals surface area contributed by atoms with Gasteiger partial charge in [0, 0.05) is 5.10 Å². The predicted octanol–water partition coefficient (Wildman–Crippen LogP) is 1.01. The number of carboxylic acids is 1. The number of oxazole rings is 1. The third-order valence-electron chi connectivity index (χ3n) is 2.46. The number of hydrogen-bond donors (Lipinski definition) is 1. The number of aromatic nitrogens is 4. The van der Waals surface area contributed by atoms with E-state index in [1.807, 2.05) is 0 Å². The highest BCUT2D eigenvalue weighted by molar-refractivity contribution is 5.91. The highest BCUT2D eigenvalue weighted by Gasteiger charge is 2.18. The Kier molecular flexibility index (Phi) is 2.42. The molecule has 0 saturated heterocycles. The van der Waals surface area contributed by atoms with Crippen LogP contribution >= 0.6 is 0 Å². The first-order valence-electron chi connectivity index (χ1n) is 5.25. The van der Waals surface area contributed by atoms with Crippen molar-refractivity contribution in [2.45, 2.75) is 0 Å². The zero-order valence-corrected chi connectivity index (χ0v) is 9.63. The molecule has 10 heteroatoms. The third kappa shape index (κ3) is 1.84. The van der Waals surface area contributed by atoms with Gasteiger partial charge in [-0.1, -0.05) is 9.67 Å². The Bertz CT molecular complexity index is 836. The Labute approximate surface area is 109 Å². The summed E-state index contributed by atoms with van der Waals surface area (Å²) >= 11 is 0. The lowest BCUT2D eigenvalue weighted by Crippen LogP contribution is -1.96. The normalized spacial score (nSPS) is 10.8. The van der Waals surface area contributed by atoms with Crippen LogP contribution in [0.5, 0.6) is 0 Å². The Morgan fingerprint density at radius 1 is 1.45 bits per heavy atom. The van der Waals surface area contributed by atoms with E-state index in [4.69, 9.17) is 9.52 Å². The van der Waals surface area contributed by atoms with Gasteiger partial charge in [-0.3, -0.25) is 0 Å². The minimum absolute atomic E-state index is 0.0388. The van der Waals surface area contributed by atoms with Crippen molar-refractivity contribution in [3.63, 3.8) is 0 Å². The standard InChI is InChI=1S/C10H5N5O5/c16-8(17)5-1-2-6-7(3-5)20-10(12-6)14-4-11-9(13-14)15(18)19/h1-4H,(H,16,17). The van der Waals surface area contributed by atoms with Gasteiger partial charge in [0.25, 0.3) is 0 Å². The second-order valence-electron chi connectivity index (χ2n) is 3.73. The molecule has 0 saturated carbocycles. The molecule has 100 valence electrons. The summed E-state index contributed by atoms with van der Waals surface area (Å²) in [7, 11) is 0. The Morgan fingerprint density at radius 3 is 2.90 bits per heavy atom. The third-order valence-corrected chi connectivity index (χ3v) is 2.46. The topological polar surface area (TPSA) is 137 Å². The molecule has 0 bridgehead atoms. The smallest absolute Gasteiger partial charge is 0.478 e. The number of carbonyl (C=O) groups is 1. The van der Waals surface area contributed by atoms with E-state index in [9.17, 15) is 14.9 Å². The van der Waals surface area contributed by atoms with Crippen LogP contribution in [0.15, 0.2) is 28.9 Å². The van der Waals surface area contributed by atoms with Gasteiger partial charge in [-0.25, -0.2) is 4.79 Å². The van der Waals surface area contributed by atoms with Crippen molar-refractivity contribution in [2.75, 3.05) is 0 Å². The van der Waals surface area contributed by atoms with Crippen molar-refractivity contribution >= 4 is 23.0 Å². The summed E-state index contributed by atoms with van der Waals surface area (Å²) in [6.45, 7) is 0. The maximum atomic E-state index is 10.8. The lowest BCUT2D eigenvalue weighted by molar-refractivity contribution is -0.394. The van der Waals surface area contributed by atoms with Gasteiger partial charge < -0.3 is 19.6 Å². The summed E-state index contributed by atoms with van der Waals surface area (Å²) in [5, 5.41) is 22.9. The predicted molar refractivity (Wildman–Crippen MR) is 62.5 cm³/mol. The fraction of sp³-hybridized carbons (Fsp3) is 0. The Hall–Kier alpha value is -3.30. The molecule has 0 amide bonds. The van der Waals surface area contributed by atoms with Crippen molar-refractivity contribution in [3.05, 3.63) is 40.2 Å². The molecule has 3 rings (SSSR count). The van der Waals surface area contributed by atoms with E-state index in [0.717, 1.165) is 11.0 Å². The number of benzene rings is 1. The second-order valence-corrected chi connectivity index (χ2v) is 3.73. The summed E-state index contributed by atoms with van der Waals surface area (Å²) in [5.74, 6) is -1.68. The van der Waals surface area contributed by atoms with Crippen LogP contribution in [0, 0.1) is 10.1 Å². The van der Waals surface area contributed by atoms with Crippen molar-refractivity contribution in [1.29, 1.82) is 0 Å². The number of carboxylic acid groups (broad SMARTS) is 1. The number of hydrogen-bond acceptors (Lipinski definition) is 7. The molecule has 2 heterocycles. The summed E-state index contributed by atoms with van der Waals surface area (Å²) in [4.78, 5) is 28.1. The van der Waals surface area contributed by atoms with Crippen molar-refractivity contribution in [1.82, 2.24) is 19.7 Å². The van der Waals surface area contributed by atoms with Crippen LogP contribution in [-0.2, 0) is 0 Å². The zero-order valence-electron chi connectivity index (χ0n) is 9.63. The molecule has 2 aromatic heterocycles. The number of nitro groups is 1. The number of rotatable bonds is 3. The number of nitrogens with zero attached hydrogens (tertiary/aromatic N) is 5. The van der Waals surface area contributed by atoms with E-state index in [1.165, 1.54) is 18.2 Å². The average molecular weight is 275 g/mol. The molecule has 0 fully saturated rings. The van der Waals surface area contributed by atoms with E-state index in [2.05, 4.69) is 15.1 Å². The quantitative estimate of drug-likeness (QED) is 0.552. The van der Waals surface area contributed by atoms with Gasteiger partial charge in [0.1, 0.15) is 5.52 Å². The molecule has 0 radical (unpaired) electrons. The van der Waals surface area contributed by atoms with Crippen molar-refractivity contribution < 1.29 is 19.2 Å². The van der Waals surface area contributed by atoms with Crippen LogP contribution in [0.4, 0.5) is 5.95 Å². The largest absolute Gasteiger partial charge is 0.491 e. The van der Waals surface area contributed by atoms with Gasteiger partial charge in [-0.05, 0) is 23.1 Å². The minimum atomic E-state index is -1.10. The molecule has 0 unspecified atom stereocenters. The fourth-order valence-corrected chi connectivity index (χ4v) is 1.57. The molecule has 0 aliphatic carbocycles. The Morgan fingerprint density at radius 2 is 2.25 bits per heavy atom. The lowest BCUT2D eigenvalue weighted by Gasteiger charge is -1.91. The second kappa shape index (κ2) is 4.12. The Balaban J connectivity index is 2.07. The van der Waals surface area contributed by atoms with Gasteiger partial charge in [-0.15, -0.1) is 0 Å². The van der Waals surface area contributed by atoms with Crippen LogP contribution in [0.3, 0.4) is 0 Å². The molecule has 0 aliphatic rings. The molecule has 0 aliphatic heterocycles. The molecule has 0 atom stereocenters. The van der Waals surface area contributed by atoms with E-state index < -0.39 is 16.8 Å². The van der Waals surface area contributed by atoms with Crippen LogP contribution in [0.25, 0.3) is 17.1 Å². The van der Waals surface area contributed by atoms with Crippen molar-refractivity contribution in [3.8, 4) is 6.01 Å². The monoisotopic (exact) mass is 275 g/mol.